The maximum absolute atomic E-state index is 12.5. The molecule has 1 atom stereocenters. The van der Waals surface area contributed by atoms with Crippen molar-refractivity contribution in [2.75, 3.05) is 20.2 Å². The van der Waals surface area contributed by atoms with E-state index in [1.165, 1.54) is 29.6 Å². The van der Waals surface area contributed by atoms with Gasteiger partial charge in [0.1, 0.15) is 4.90 Å². The third-order valence-corrected chi connectivity index (χ3v) is 5.79. The van der Waals surface area contributed by atoms with Gasteiger partial charge in [0, 0.05) is 20.2 Å². The highest BCUT2D eigenvalue weighted by Crippen LogP contribution is 2.26. The molecule has 1 saturated heterocycles. The first-order valence-corrected chi connectivity index (χ1v) is 8.54. The summed E-state index contributed by atoms with van der Waals surface area (Å²) < 4.78 is 31.9. The van der Waals surface area contributed by atoms with Gasteiger partial charge in [-0.25, -0.2) is 8.42 Å². The van der Waals surface area contributed by atoms with E-state index in [4.69, 9.17) is 21.6 Å². The zero-order chi connectivity index (χ0) is 15.5. The minimum Gasteiger partial charge on any atom is -0.377 e. The van der Waals surface area contributed by atoms with E-state index in [-0.39, 0.29) is 16.0 Å². The van der Waals surface area contributed by atoms with Crippen molar-refractivity contribution in [1.29, 1.82) is 5.26 Å². The second-order valence-corrected chi connectivity index (χ2v) is 7.45. The van der Waals surface area contributed by atoms with Crippen LogP contribution >= 0.6 is 11.6 Å². The average molecular weight is 329 g/mol. The molecular weight excluding hydrogens is 312 g/mol. The minimum absolute atomic E-state index is 0.0153. The fourth-order valence-corrected chi connectivity index (χ4v) is 4.00. The van der Waals surface area contributed by atoms with E-state index in [0.29, 0.717) is 18.7 Å². The fraction of sp³-hybridized carbons (Fsp3) is 0.500. The van der Waals surface area contributed by atoms with Crippen molar-refractivity contribution in [2.24, 2.45) is 0 Å². The zero-order valence-electron chi connectivity index (χ0n) is 11.8. The molecule has 5 nitrogen and oxygen atoms in total. The van der Waals surface area contributed by atoms with Crippen molar-refractivity contribution < 1.29 is 13.2 Å². The summed E-state index contributed by atoms with van der Waals surface area (Å²) in [4.78, 5) is 0.0153. The van der Waals surface area contributed by atoms with Crippen LogP contribution in [0.15, 0.2) is 23.1 Å². The van der Waals surface area contributed by atoms with Crippen LogP contribution in [0.4, 0.5) is 0 Å². The van der Waals surface area contributed by atoms with Gasteiger partial charge in [0.25, 0.3) is 0 Å². The van der Waals surface area contributed by atoms with Crippen molar-refractivity contribution in [3.8, 4) is 6.07 Å². The van der Waals surface area contributed by atoms with Crippen molar-refractivity contribution in [3.05, 3.63) is 28.8 Å². The molecule has 1 heterocycles. The molecule has 1 unspecified atom stereocenters. The smallest absolute Gasteiger partial charge is 0.244 e. The summed E-state index contributed by atoms with van der Waals surface area (Å²) in [6.45, 7) is 0.981. The Labute approximate surface area is 130 Å². The summed E-state index contributed by atoms with van der Waals surface area (Å²) in [5.74, 6) is 0. The summed E-state index contributed by atoms with van der Waals surface area (Å²) in [6.07, 6.45) is 2.86. The molecule has 1 aromatic carbocycles. The number of hydrogen-bond acceptors (Lipinski definition) is 4. The molecule has 0 saturated carbocycles. The van der Waals surface area contributed by atoms with Gasteiger partial charge in [-0.2, -0.15) is 9.57 Å². The van der Waals surface area contributed by atoms with E-state index in [1.54, 1.807) is 0 Å². The Morgan fingerprint density at radius 3 is 2.81 bits per heavy atom. The van der Waals surface area contributed by atoms with Crippen molar-refractivity contribution in [2.45, 2.75) is 30.3 Å². The van der Waals surface area contributed by atoms with E-state index in [0.717, 1.165) is 19.3 Å². The monoisotopic (exact) mass is 328 g/mol. The van der Waals surface area contributed by atoms with Crippen LogP contribution in [0.2, 0.25) is 5.02 Å². The van der Waals surface area contributed by atoms with Crippen LogP contribution < -0.4 is 0 Å². The van der Waals surface area contributed by atoms with E-state index in [1.807, 2.05) is 6.07 Å². The summed E-state index contributed by atoms with van der Waals surface area (Å²) in [5, 5.41) is 8.86. The quantitative estimate of drug-likeness (QED) is 0.851. The van der Waals surface area contributed by atoms with E-state index in [9.17, 15) is 8.42 Å². The van der Waals surface area contributed by atoms with Gasteiger partial charge in [0.2, 0.25) is 10.0 Å². The Hall–Kier alpha value is -1.13. The van der Waals surface area contributed by atoms with E-state index in [2.05, 4.69) is 0 Å². The molecule has 0 N–H and O–H groups in total. The number of nitriles is 1. The molecule has 0 amide bonds. The normalized spacial score (nSPS) is 19.4. The highest BCUT2D eigenvalue weighted by molar-refractivity contribution is 7.89. The molecule has 0 bridgehead atoms. The van der Waals surface area contributed by atoms with Gasteiger partial charge in [-0.3, -0.25) is 0 Å². The maximum atomic E-state index is 12.5. The zero-order valence-corrected chi connectivity index (χ0v) is 13.3. The molecule has 7 heteroatoms. The van der Waals surface area contributed by atoms with Crippen LogP contribution in [0.25, 0.3) is 0 Å². The molecule has 1 aliphatic heterocycles. The highest BCUT2D eigenvalue weighted by Gasteiger charge is 2.27. The first-order valence-electron chi connectivity index (χ1n) is 6.72. The number of benzene rings is 1. The van der Waals surface area contributed by atoms with Gasteiger partial charge in [-0.1, -0.05) is 11.6 Å². The van der Waals surface area contributed by atoms with Gasteiger partial charge in [-0.15, -0.1) is 0 Å². The van der Waals surface area contributed by atoms with Crippen LogP contribution in [0.1, 0.15) is 24.8 Å². The van der Waals surface area contributed by atoms with Crippen molar-refractivity contribution in [3.63, 3.8) is 0 Å². The molecule has 0 aliphatic carbocycles. The molecule has 1 fully saturated rings. The Bertz CT molecular complexity index is 649. The Morgan fingerprint density at radius 1 is 1.48 bits per heavy atom. The lowest BCUT2D eigenvalue weighted by atomic mass is 10.1. The van der Waals surface area contributed by atoms with Crippen LogP contribution in [0.5, 0.6) is 0 Å². The lowest BCUT2D eigenvalue weighted by molar-refractivity contribution is 0.00858. The van der Waals surface area contributed by atoms with E-state index < -0.39 is 10.0 Å². The molecule has 0 aromatic heterocycles. The van der Waals surface area contributed by atoms with Gasteiger partial charge in [-0.05, 0) is 37.5 Å². The Balaban J connectivity index is 2.18. The lowest BCUT2D eigenvalue weighted by Gasteiger charge is -2.27. The lowest BCUT2D eigenvalue weighted by Crippen LogP contribution is -2.37. The minimum atomic E-state index is -3.68. The maximum Gasteiger partial charge on any atom is 0.244 e. The van der Waals surface area contributed by atoms with Crippen molar-refractivity contribution in [1.82, 2.24) is 4.31 Å². The standard InChI is InChI=1S/C14H17ClN2O3S/c1-17(10-12-4-2-3-7-20-12)21(18,19)14-6-5-11(9-16)8-13(14)15/h5-6,8,12H,2-4,7,10H2,1H3. The molecule has 2 rings (SSSR count). The largest absolute Gasteiger partial charge is 0.377 e. The molecule has 114 valence electrons. The van der Waals surface area contributed by atoms with Crippen LogP contribution in [-0.2, 0) is 14.8 Å². The second kappa shape index (κ2) is 6.75. The molecule has 1 aromatic rings. The van der Waals surface area contributed by atoms with Gasteiger partial charge >= 0.3 is 0 Å². The SMILES string of the molecule is CN(CC1CCCCO1)S(=O)(=O)c1ccc(C#N)cc1Cl. The summed E-state index contributed by atoms with van der Waals surface area (Å²) in [5.41, 5.74) is 0.331. The average Bonchev–Trinajstić information content (AvgIpc) is 2.47. The Morgan fingerprint density at radius 2 is 2.24 bits per heavy atom. The number of ether oxygens (including phenoxy) is 1. The Kier molecular flexibility index (Phi) is 5.22. The number of halogens is 1. The van der Waals surface area contributed by atoms with Gasteiger partial charge < -0.3 is 4.74 Å². The predicted molar refractivity (Wildman–Crippen MR) is 79.6 cm³/mol. The summed E-state index contributed by atoms with van der Waals surface area (Å²) in [7, 11) is -2.17. The van der Waals surface area contributed by atoms with Crippen LogP contribution in [0, 0.1) is 11.3 Å². The second-order valence-electron chi connectivity index (χ2n) is 5.03. The molecule has 0 radical (unpaired) electrons. The van der Waals surface area contributed by atoms with Gasteiger partial charge in [0.15, 0.2) is 0 Å². The number of rotatable bonds is 4. The number of hydrogen-bond donors (Lipinski definition) is 0. The number of sulfonamides is 1. The van der Waals surface area contributed by atoms with Crippen LogP contribution in [0.3, 0.4) is 0 Å². The van der Waals surface area contributed by atoms with Gasteiger partial charge in [0.05, 0.1) is 22.8 Å². The number of nitrogens with zero attached hydrogens (tertiary/aromatic N) is 2. The molecular formula is C14H17ClN2O3S. The topological polar surface area (TPSA) is 70.4 Å². The first-order chi connectivity index (χ1) is 9.95. The predicted octanol–water partition coefficient (Wildman–Crippen LogP) is 2.40. The molecule has 21 heavy (non-hydrogen) atoms. The summed E-state index contributed by atoms with van der Waals surface area (Å²) in [6, 6.07) is 6.11. The van der Waals surface area contributed by atoms with E-state index >= 15 is 0 Å². The molecule has 1 aliphatic rings. The fourth-order valence-electron chi connectivity index (χ4n) is 2.28. The highest BCUT2D eigenvalue weighted by atomic mass is 35.5. The van der Waals surface area contributed by atoms with Crippen molar-refractivity contribution >= 4 is 21.6 Å². The van der Waals surface area contributed by atoms with Crippen LogP contribution in [-0.4, -0.2) is 39.0 Å². The third-order valence-electron chi connectivity index (χ3n) is 3.48. The summed E-state index contributed by atoms with van der Waals surface area (Å²) >= 11 is 5.99. The first kappa shape index (κ1) is 16.2. The molecule has 0 spiro atoms. The third kappa shape index (κ3) is 3.74. The number of likely N-dealkylation sites (N-methyl/N-ethyl adjacent to an activating group) is 1.